The molecule has 0 unspecified atom stereocenters. The number of rotatable bonds is 10. The fourth-order valence-corrected chi connectivity index (χ4v) is 5.74. The van der Waals surface area contributed by atoms with Gasteiger partial charge in [0.15, 0.2) is 0 Å². The quantitative estimate of drug-likeness (QED) is 0.219. The minimum absolute atomic E-state index is 0.0103. The van der Waals surface area contributed by atoms with Gasteiger partial charge in [-0.25, -0.2) is 14.5 Å². The fraction of sp³-hybridized carbons (Fsp3) is 0.286. The molecule has 10 nitrogen and oxygen atoms in total. The largest absolute Gasteiger partial charge is 0.350 e. The molecule has 0 saturated carbocycles. The highest BCUT2D eigenvalue weighted by Gasteiger charge is 2.26. The number of benzene rings is 2. The number of aromatic nitrogens is 4. The molecule has 5 aromatic rings. The van der Waals surface area contributed by atoms with Crippen molar-refractivity contribution in [1.82, 2.24) is 29.4 Å². The fourth-order valence-electron chi connectivity index (χ4n) is 5.74. The van der Waals surface area contributed by atoms with Gasteiger partial charge in [0.2, 0.25) is 11.9 Å². The number of carbonyl (C=O) groups is 2. The molecule has 1 atom stereocenters. The molecule has 6 rings (SSSR count). The van der Waals surface area contributed by atoms with Crippen LogP contribution in [0, 0.1) is 0 Å². The molecule has 2 amide bonds. The lowest BCUT2D eigenvalue weighted by atomic mass is 10.0. The van der Waals surface area contributed by atoms with Crippen molar-refractivity contribution in [2.75, 3.05) is 44.4 Å². The molecule has 3 aromatic heterocycles. The van der Waals surface area contributed by atoms with Crippen molar-refractivity contribution < 1.29 is 9.59 Å². The van der Waals surface area contributed by atoms with Crippen molar-refractivity contribution in [2.24, 2.45) is 0 Å². The molecule has 0 spiro atoms. The first-order chi connectivity index (χ1) is 21.9. The zero-order valence-corrected chi connectivity index (χ0v) is 25.7. The highest BCUT2D eigenvalue weighted by Crippen LogP contribution is 2.34. The van der Waals surface area contributed by atoms with Crippen LogP contribution >= 0.6 is 0 Å². The third-order valence-corrected chi connectivity index (χ3v) is 7.97. The van der Waals surface area contributed by atoms with E-state index in [9.17, 15) is 9.59 Å². The van der Waals surface area contributed by atoms with Crippen LogP contribution in [-0.4, -0.2) is 81.0 Å². The number of anilines is 2. The molecular formula is C35H38N8O2. The molecule has 0 bridgehead atoms. The Hall–Kier alpha value is -5.09. The summed E-state index contributed by atoms with van der Waals surface area (Å²) >= 11 is 0. The van der Waals surface area contributed by atoms with Gasteiger partial charge >= 0.3 is 0 Å². The van der Waals surface area contributed by atoms with E-state index in [1.165, 1.54) is 0 Å². The number of pyridine rings is 1. The molecule has 45 heavy (non-hydrogen) atoms. The van der Waals surface area contributed by atoms with Crippen LogP contribution < -0.4 is 10.6 Å². The Morgan fingerprint density at radius 1 is 0.978 bits per heavy atom. The second-order valence-electron chi connectivity index (χ2n) is 11.7. The molecule has 10 heteroatoms. The number of amides is 2. The summed E-state index contributed by atoms with van der Waals surface area (Å²) in [5.41, 5.74) is 5.85. The van der Waals surface area contributed by atoms with Crippen LogP contribution in [0.25, 0.3) is 28.0 Å². The maximum absolute atomic E-state index is 13.4. The zero-order chi connectivity index (χ0) is 31.2. The third-order valence-electron chi connectivity index (χ3n) is 7.97. The van der Waals surface area contributed by atoms with Gasteiger partial charge in [-0.1, -0.05) is 36.4 Å². The molecule has 2 aromatic carbocycles. The summed E-state index contributed by atoms with van der Waals surface area (Å²) in [6.07, 6.45) is 6.74. The molecule has 2 N–H and O–H groups in total. The van der Waals surface area contributed by atoms with E-state index in [1.54, 1.807) is 30.5 Å². The molecule has 1 saturated heterocycles. The Morgan fingerprint density at radius 3 is 2.58 bits per heavy atom. The van der Waals surface area contributed by atoms with E-state index in [0.29, 0.717) is 36.7 Å². The van der Waals surface area contributed by atoms with Crippen molar-refractivity contribution in [1.29, 1.82) is 0 Å². The monoisotopic (exact) mass is 602 g/mol. The zero-order valence-electron chi connectivity index (χ0n) is 25.7. The smallest absolute Gasteiger partial charge is 0.253 e. The van der Waals surface area contributed by atoms with Gasteiger partial charge in [-0.15, -0.1) is 0 Å². The maximum atomic E-state index is 13.4. The topological polar surface area (TPSA) is 108 Å². The Labute approximate surface area is 263 Å². The predicted molar refractivity (Wildman–Crippen MR) is 177 cm³/mol. The van der Waals surface area contributed by atoms with Crippen LogP contribution in [0.3, 0.4) is 0 Å². The van der Waals surface area contributed by atoms with Crippen molar-refractivity contribution >= 4 is 29.0 Å². The van der Waals surface area contributed by atoms with Crippen molar-refractivity contribution in [3.8, 4) is 22.5 Å². The van der Waals surface area contributed by atoms with Gasteiger partial charge in [0.25, 0.3) is 5.91 Å². The average molecular weight is 603 g/mol. The van der Waals surface area contributed by atoms with Crippen LogP contribution in [0.1, 0.15) is 36.0 Å². The van der Waals surface area contributed by atoms with Crippen LogP contribution in [0.5, 0.6) is 0 Å². The number of nitrogens with one attached hydrogen (secondary N) is 2. The van der Waals surface area contributed by atoms with Crippen LogP contribution in [0.2, 0.25) is 0 Å². The summed E-state index contributed by atoms with van der Waals surface area (Å²) in [6, 6.07) is 25.2. The number of likely N-dealkylation sites (tertiary alicyclic amines) is 1. The van der Waals surface area contributed by atoms with Gasteiger partial charge in [-0.3, -0.25) is 9.59 Å². The van der Waals surface area contributed by atoms with E-state index in [0.717, 1.165) is 53.8 Å². The number of hydrogen-bond donors (Lipinski definition) is 2. The second-order valence-corrected chi connectivity index (χ2v) is 11.7. The molecule has 1 aliphatic rings. The van der Waals surface area contributed by atoms with Crippen molar-refractivity contribution in [3.05, 3.63) is 96.8 Å². The highest BCUT2D eigenvalue weighted by atomic mass is 16.2. The van der Waals surface area contributed by atoms with Crippen molar-refractivity contribution in [3.63, 3.8) is 0 Å². The van der Waals surface area contributed by atoms with E-state index >= 15 is 0 Å². The molecule has 1 fully saturated rings. The minimum Gasteiger partial charge on any atom is -0.350 e. The number of piperidine rings is 1. The average Bonchev–Trinajstić information content (AvgIpc) is 3.45. The SMILES string of the molecule is CN(C)CCCC(=O)Nc1ccc(C(=O)N2CCC[C@H](Nc3nccc(-c4c(-c5ccccc5)nn5ccccc45)n3)C2)cc1. The summed E-state index contributed by atoms with van der Waals surface area (Å²) in [4.78, 5) is 39.0. The summed E-state index contributed by atoms with van der Waals surface area (Å²) in [7, 11) is 3.98. The van der Waals surface area contributed by atoms with E-state index in [1.807, 2.05) is 72.2 Å². The highest BCUT2D eigenvalue weighted by molar-refractivity contribution is 5.96. The van der Waals surface area contributed by atoms with Gasteiger partial charge in [-0.05, 0) is 82.4 Å². The summed E-state index contributed by atoms with van der Waals surface area (Å²) in [5.74, 6) is 0.468. The van der Waals surface area contributed by atoms with Crippen LogP contribution in [0.15, 0.2) is 91.3 Å². The normalized spacial score (nSPS) is 14.9. The predicted octanol–water partition coefficient (Wildman–Crippen LogP) is 5.46. The number of hydrogen-bond acceptors (Lipinski definition) is 7. The molecule has 4 heterocycles. The number of nitrogens with zero attached hydrogens (tertiary/aromatic N) is 6. The van der Waals surface area contributed by atoms with Gasteiger partial charge in [0.05, 0.1) is 16.8 Å². The van der Waals surface area contributed by atoms with Gasteiger partial charge in [-0.2, -0.15) is 5.10 Å². The molecule has 230 valence electrons. The summed E-state index contributed by atoms with van der Waals surface area (Å²) in [6.45, 7) is 2.09. The van der Waals surface area contributed by atoms with Crippen LogP contribution in [-0.2, 0) is 4.79 Å². The number of fused-ring (bicyclic) bond motifs is 1. The number of carbonyl (C=O) groups excluding carboxylic acids is 2. The Bertz CT molecular complexity index is 1770. The van der Waals surface area contributed by atoms with Gasteiger partial charge in [0, 0.05) is 54.8 Å². The van der Waals surface area contributed by atoms with Crippen molar-refractivity contribution in [2.45, 2.75) is 31.7 Å². The van der Waals surface area contributed by atoms with Gasteiger partial charge < -0.3 is 20.4 Å². The molecule has 0 aliphatic carbocycles. The second kappa shape index (κ2) is 13.7. The first kappa shape index (κ1) is 30.0. The van der Waals surface area contributed by atoms with Gasteiger partial charge in [0.1, 0.15) is 5.69 Å². The van der Waals surface area contributed by atoms with E-state index in [-0.39, 0.29) is 17.9 Å². The molecule has 1 aliphatic heterocycles. The summed E-state index contributed by atoms with van der Waals surface area (Å²) in [5, 5.41) is 11.3. The Kier molecular flexibility index (Phi) is 9.11. The molecule has 0 radical (unpaired) electrons. The lowest BCUT2D eigenvalue weighted by Gasteiger charge is -2.33. The first-order valence-corrected chi connectivity index (χ1v) is 15.4. The van der Waals surface area contributed by atoms with E-state index in [4.69, 9.17) is 10.1 Å². The van der Waals surface area contributed by atoms with E-state index in [2.05, 4.69) is 32.7 Å². The minimum atomic E-state index is -0.0288. The summed E-state index contributed by atoms with van der Waals surface area (Å²) < 4.78 is 1.88. The molecular weight excluding hydrogens is 564 g/mol. The van der Waals surface area contributed by atoms with Crippen LogP contribution in [0.4, 0.5) is 11.6 Å². The third kappa shape index (κ3) is 7.18. The lowest BCUT2D eigenvalue weighted by Crippen LogP contribution is -2.45. The maximum Gasteiger partial charge on any atom is 0.253 e. The Balaban J connectivity index is 1.13. The van der Waals surface area contributed by atoms with E-state index < -0.39 is 0 Å². The Morgan fingerprint density at radius 2 is 1.78 bits per heavy atom. The first-order valence-electron chi connectivity index (χ1n) is 15.4. The lowest BCUT2D eigenvalue weighted by molar-refractivity contribution is -0.116. The standard InChI is InChI=1S/C35H38N8O2/c1-41(2)21-9-14-31(44)37-27-17-15-26(16-18-27)34(45)42-22-8-12-28(24-42)38-35-36-20-19-29(39-35)32-30-13-6-7-23-43(30)40-33(32)25-10-4-3-5-11-25/h3-7,10-11,13,15-20,23,28H,8-9,12,14,21-22,24H2,1-2H3,(H,37,44)(H,36,38,39)/t28-/m0/s1.